The minimum absolute atomic E-state index is 0.0816. The van der Waals surface area contributed by atoms with Crippen molar-refractivity contribution >= 4 is 10.8 Å². The van der Waals surface area contributed by atoms with E-state index in [0.29, 0.717) is 5.25 Å². The van der Waals surface area contributed by atoms with Crippen LogP contribution in [-0.4, -0.2) is 20.2 Å². The van der Waals surface area contributed by atoms with Crippen LogP contribution in [-0.2, 0) is 10.8 Å². The minimum Gasteiger partial charge on any atom is -0.328 e. The molecule has 0 aromatic heterocycles. The Morgan fingerprint density at radius 1 is 1.31 bits per heavy atom. The van der Waals surface area contributed by atoms with Crippen LogP contribution < -0.4 is 5.73 Å². The molecular weight excluding hydrogens is 182 g/mol. The zero-order chi connectivity index (χ0) is 10.1. The molecule has 0 aromatic carbocycles. The van der Waals surface area contributed by atoms with Crippen molar-refractivity contribution in [3.05, 3.63) is 0 Å². The van der Waals surface area contributed by atoms with Gasteiger partial charge < -0.3 is 5.73 Å². The molecule has 1 saturated carbocycles. The summed E-state index contributed by atoms with van der Waals surface area (Å²) in [5.41, 5.74) is 5.87. The lowest BCUT2D eigenvalue weighted by Gasteiger charge is -2.31. The van der Waals surface area contributed by atoms with Crippen LogP contribution in [0.5, 0.6) is 0 Å². The first-order valence-corrected chi connectivity index (χ1v) is 6.29. The molecule has 0 saturated heterocycles. The van der Waals surface area contributed by atoms with E-state index in [4.69, 9.17) is 5.73 Å². The topological polar surface area (TPSA) is 43.1 Å². The zero-order valence-corrected chi connectivity index (χ0v) is 9.69. The Morgan fingerprint density at radius 3 is 2.38 bits per heavy atom. The number of rotatable bonds is 1. The summed E-state index contributed by atoms with van der Waals surface area (Å²) in [5, 5.41) is 0.337. The highest BCUT2D eigenvalue weighted by molar-refractivity contribution is 7.87. The molecular formula is C10H21NOS. The first-order valence-electron chi connectivity index (χ1n) is 5.07. The molecule has 0 aromatic rings. The summed E-state index contributed by atoms with van der Waals surface area (Å²) in [5.74, 6) is 0. The van der Waals surface area contributed by atoms with E-state index in [9.17, 15) is 4.21 Å². The summed E-state index contributed by atoms with van der Waals surface area (Å²) in [6.07, 6.45) is 4.30. The van der Waals surface area contributed by atoms with Gasteiger partial charge in [-0.05, 0) is 40.0 Å². The molecule has 78 valence electrons. The average Bonchev–Trinajstić information content (AvgIpc) is 2.01. The molecule has 13 heavy (non-hydrogen) atoms. The van der Waals surface area contributed by atoms with E-state index in [2.05, 4.69) is 0 Å². The predicted octanol–water partition coefficient (Wildman–Crippen LogP) is 1.80. The van der Waals surface area contributed by atoms with E-state index in [1.165, 1.54) is 0 Å². The van der Waals surface area contributed by atoms with Crippen molar-refractivity contribution in [1.29, 1.82) is 0 Å². The van der Waals surface area contributed by atoms with Gasteiger partial charge in [0.15, 0.2) is 0 Å². The SMILES string of the molecule is CC(C)(C)S(=O)C1CCCC(N)C1. The molecule has 3 heteroatoms. The normalized spacial score (nSPS) is 32.9. The zero-order valence-electron chi connectivity index (χ0n) is 8.88. The maximum absolute atomic E-state index is 12.0. The van der Waals surface area contributed by atoms with Gasteiger partial charge in [0.2, 0.25) is 0 Å². The van der Waals surface area contributed by atoms with Crippen molar-refractivity contribution in [3.8, 4) is 0 Å². The Balaban J connectivity index is 2.56. The molecule has 1 rings (SSSR count). The van der Waals surface area contributed by atoms with Gasteiger partial charge in [-0.25, -0.2) is 0 Å². The molecule has 0 bridgehead atoms. The highest BCUT2D eigenvalue weighted by Crippen LogP contribution is 2.27. The van der Waals surface area contributed by atoms with Gasteiger partial charge in [0.25, 0.3) is 0 Å². The largest absolute Gasteiger partial charge is 0.328 e. The van der Waals surface area contributed by atoms with Gasteiger partial charge in [-0.15, -0.1) is 0 Å². The average molecular weight is 203 g/mol. The van der Waals surface area contributed by atoms with Crippen LogP contribution >= 0.6 is 0 Å². The monoisotopic (exact) mass is 203 g/mol. The number of hydrogen-bond donors (Lipinski definition) is 1. The van der Waals surface area contributed by atoms with Crippen LogP contribution in [0.15, 0.2) is 0 Å². The van der Waals surface area contributed by atoms with Gasteiger partial charge in [-0.1, -0.05) is 6.42 Å². The van der Waals surface area contributed by atoms with Crippen LogP contribution in [0.2, 0.25) is 0 Å². The van der Waals surface area contributed by atoms with E-state index in [-0.39, 0.29) is 10.8 Å². The summed E-state index contributed by atoms with van der Waals surface area (Å²) in [6.45, 7) is 6.13. The van der Waals surface area contributed by atoms with Gasteiger partial charge in [-0.3, -0.25) is 4.21 Å². The summed E-state index contributed by atoms with van der Waals surface area (Å²) < 4.78 is 11.9. The Morgan fingerprint density at radius 2 is 1.92 bits per heavy atom. The standard InChI is InChI=1S/C10H21NOS/c1-10(2,3)13(12)9-6-4-5-8(11)7-9/h8-9H,4-7,11H2,1-3H3. The van der Waals surface area contributed by atoms with Gasteiger partial charge >= 0.3 is 0 Å². The van der Waals surface area contributed by atoms with Crippen LogP contribution in [0.3, 0.4) is 0 Å². The fourth-order valence-corrected chi connectivity index (χ4v) is 3.68. The maximum Gasteiger partial charge on any atom is 0.0377 e. The van der Waals surface area contributed by atoms with E-state index in [1.54, 1.807) is 0 Å². The van der Waals surface area contributed by atoms with Crippen molar-refractivity contribution in [1.82, 2.24) is 0 Å². The highest BCUT2D eigenvalue weighted by atomic mass is 32.2. The third kappa shape index (κ3) is 3.06. The molecule has 2 N–H and O–H groups in total. The van der Waals surface area contributed by atoms with E-state index in [1.807, 2.05) is 20.8 Å². The molecule has 1 fully saturated rings. The van der Waals surface area contributed by atoms with Crippen molar-refractivity contribution in [2.45, 2.75) is 62.5 Å². The molecule has 1 aliphatic carbocycles. The lowest BCUT2D eigenvalue weighted by molar-refractivity contribution is 0.440. The number of nitrogens with two attached hydrogens (primary N) is 1. The van der Waals surface area contributed by atoms with E-state index in [0.717, 1.165) is 25.7 Å². The van der Waals surface area contributed by atoms with Crippen molar-refractivity contribution in [2.75, 3.05) is 0 Å². The van der Waals surface area contributed by atoms with Gasteiger partial charge in [0.1, 0.15) is 0 Å². The first-order chi connectivity index (χ1) is 5.91. The summed E-state index contributed by atoms with van der Waals surface area (Å²) in [7, 11) is -0.724. The van der Waals surface area contributed by atoms with Gasteiger partial charge in [0, 0.05) is 26.8 Å². The van der Waals surface area contributed by atoms with E-state index >= 15 is 0 Å². The summed E-state index contributed by atoms with van der Waals surface area (Å²) >= 11 is 0. The molecule has 3 unspecified atom stereocenters. The molecule has 2 nitrogen and oxygen atoms in total. The smallest absolute Gasteiger partial charge is 0.0377 e. The number of hydrogen-bond acceptors (Lipinski definition) is 2. The van der Waals surface area contributed by atoms with Crippen molar-refractivity contribution < 1.29 is 4.21 Å². The second kappa shape index (κ2) is 4.09. The highest BCUT2D eigenvalue weighted by Gasteiger charge is 2.31. The molecule has 0 aliphatic heterocycles. The van der Waals surface area contributed by atoms with Gasteiger partial charge in [-0.2, -0.15) is 0 Å². The Hall–Kier alpha value is 0.110. The minimum atomic E-state index is -0.724. The maximum atomic E-state index is 12.0. The summed E-state index contributed by atoms with van der Waals surface area (Å²) in [4.78, 5) is 0. The van der Waals surface area contributed by atoms with Crippen molar-refractivity contribution in [2.24, 2.45) is 5.73 Å². The van der Waals surface area contributed by atoms with Crippen LogP contribution in [0.1, 0.15) is 46.5 Å². The lowest BCUT2D eigenvalue weighted by atomic mass is 9.96. The molecule has 3 atom stereocenters. The summed E-state index contributed by atoms with van der Waals surface area (Å²) in [6, 6.07) is 0.282. The molecule has 0 spiro atoms. The van der Waals surface area contributed by atoms with Crippen LogP contribution in [0.4, 0.5) is 0 Å². The fraction of sp³-hybridized carbons (Fsp3) is 1.00. The Labute approximate surface area is 83.7 Å². The first kappa shape index (κ1) is 11.2. The van der Waals surface area contributed by atoms with Crippen LogP contribution in [0.25, 0.3) is 0 Å². The van der Waals surface area contributed by atoms with Gasteiger partial charge in [0.05, 0.1) is 0 Å². The molecule has 0 heterocycles. The Kier molecular flexibility index (Phi) is 3.52. The third-order valence-corrected chi connectivity index (χ3v) is 4.81. The predicted molar refractivity (Wildman–Crippen MR) is 58.1 cm³/mol. The quantitative estimate of drug-likeness (QED) is 0.706. The second-order valence-corrected chi connectivity index (χ2v) is 7.44. The Bertz CT molecular complexity index is 198. The fourth-order valence-electron chi connectivity index (χ4n) is 1.88. The lowest BCUT2D eigenvalue weighted by Crippen LogP contribution is -2.38. The van der Waals surface area contributed by atoms with Crippen molar-refractivity contribution in [3.63, 3.8) is 0 Å². The van der Waals surface area contributed by atoms with E-state index < -0.39 is 10.8 Å². The molecule has 0 radical (unpaired) electrons. The van der Waals surface area contributed by atoms with Crippen LogP contribution in [0, 0.1) is 0 Å². The third-order valence-electron chi connectivity index (χ3n) is 2.57. The second-order valence-electron chi connectivity index (χ2n) is 4.96. The molecule has 1 aliphatic rings. The molecule has 0 amide bonds.